The van der Waals surface area contributed by atoms with Crippen molar-refractivity contribution in [3.8, 4) is 12.3 Å². The van der Waals surface area contributed by atoms with E-state index in [-0.39, 0.29) is 0 Å². The van der Waals surface area contributed by atoms with Gasteiger partial charge in [0.2, 0.25) is 0 Å². The van der Waals surface area contributed by atoms with Crippen LogP contribution in [0, 0.1) is 19.3 Å². The highest BCUT2D eigenvalue weighted by molar-refractivity contribution is 5.26. The van der Waals surface area contributed by atoms with Crippen molar-refractivity contribution in [3.63, 3.8) is 0 Å². The Labute approximate surface area is 111 Å². The number of rotatable bonds is 5. The van der Waals surface area contributed by atoms with E-state index < -0.39 is 0 Å². The topological polar surface area (TPSA) is 12.0 Å². The van der Waals surface area contributed by atoms with E-state index in [1.807, 2.05) is 0 Å². The second-order valence-electron chi connectivity index (χ2n) is 5.46. The molecule has 0 aromatic heterocycles. The number of hydrogen-bond donors (Lipinski definition) is 1. The Hall–Kier alpha value is -1.26. The fourth-order valence-corrected chi connectivity index (χ4v) is 2.66. The third-order valence-electron chi connectivity index (χ3n) is 4.02. The number of terminal acetylenes is 1. The third kappa shape index (κ3) is 3.15. The smallest absolute Gasteiger partial charge is 0.0240 e. The van der Waals surface area contributed by atoms with Gasteiger partial charge in [-0.05, 0) is 37.7 Å². The molecule has 0 aliphatic heterocycles. The molecule has 0 saturated heterocycles. The summed E-state index contributed by atoms with van der Waals surface area (Å²) >= 11 is 0. The average molecular weight is 241 g/mol. The second kappa shape index (κ2) is 6.07. The highest BCUT2D eigenvalue weighted by Crippen LogP contribution is 2.37. The van der Waals surface area contributed by atoms with Crippen LogP contribution in [-0.4, -0.2) is 12.1 Å². The molecule has 1 fully saturated rings. The second-order valence-corrected chi connectivity index (χ2v) is 5.46. The maximum absolute atomic E-state index is 5.38. The summed E-state index contributed by atoms with van der Waals surface area (Å²) in [6, 6.07) is 10.1. The SMILES string of the molecule is C#CC[C@@H](CC)NC1CC(c2ccc(C)cc2)C1. The molecule has 0 amide bonds. The Kier molecular flexibility index (Phi) is 4.44. The monoisotopic (exact) mass is 241 g/mol. The lowest BCUT2D eigenvalue weighted by Crippen LogP contribution is -2.45. The standard InChI is InChI=1S/C17H23N/c1-4-6-16(5-2)18-17-11-15(12-17)14-9-7-13(3)8-10-14/h1,7-10,15-18H,5-6,11-12H2,2-3H3/t15?,16-,17?/m1/s1. The molecule has 0 spiro atoms. The summed E-state index contributed by atoms with van der Waals surface area (Å²) in [5.74, 6) is 3.50. The lowest BCUT2D eigenvalue weighted by atomic mass is 9.75. The zero-order chi connectivity index (χ0) is 13.0. The van der Waals surface area contributed by atoms with Crippen molar-refractivity contribution in [1.29, 1.82) is 0 Å². The molecular formula is C17H23N. The molecule has 1 atom stereocenters. The molecule has 1 aliphatic rings. The molecule has 0 unspecified atom stereocenters. The van der Waals surface area contributed by atoms with E-state index in [1.165, 1.54) is 24.0 Å². The van der Waals surface area contributed by atoms with Gasteiger partial charge in [0.05, 0.1) is 0 Å². The van der Waals surface area contributed by atoms with Crippen molar-refractivity contribution in [2.24, 2.45) is 0 Å². The Balaban J connectivity index is 1.80. The fraction of sp³-hybridized carbons (Fsp3) is 0.529. The fourth-order valence-electron chi connectivity index (χ4n) is 2.66. The molecule has 0 bridgehead atoms. The minimum Gasteiger partial charge on any atom is -0.310 e. The predicted molar refractivity (Wildman–Crippen MR) is 77.6 cm³/mol. The van der Waals surface area contributed by atoms with Gasteiger partial charge in [-0.25, -0.2) is 0 Å². The first-order chi connectivity index (χ1) is 8.72. The molecule has 1 aromatic carbocycles. The van der Waals surface area contributed by atoms with Gasteiger partial charge in [0.25, 0.3) is 0 Å². The highest BCUT2D eigenvalue weighted by atomic mass is 15.0. The van der Waals surface area contributed by atoms with Crippen LogP contribution in [0.25, 0.3) is 0 Å². The summed E-state index contributed by atoms with van der Waals surface area (Å²) in [5, 5.41) is 3.67. The van der Waals surface area contributed by atoms with Crippen molar-refractivity contribution < 1.29 is 0 Å². The van der Waals surface area contributed by atoms with Crippen molar-refractivity contribution in [2.75, 3.05) is 0 Å². The Morgan fingerprint density at radius 3 is 2.56 bits per heavy atom. The third-order valence-corrected chi connectivity index (χ3v) is 4.02. The summed E-state index contributed by atoms with van der Waals surface area (Å²) < 4.78 is 0. The molecule has 0 radical (unpaired) electrons. The summed E-state index contributed by atoms with van der Waals surface area (Å²) in [6.07, 6.45) is 9.86. The highest BCUT2D eigenvalue weighted by Gasteiger charge is 2.30. The maximum Gasteiger partial charge on any atom is 0.0240 e. The van der Waals surface area contributed by atoms with Gasteiger partial charge in [0, 0.05) is 18.5 Å². The molecular weight excluding hydrogens is 218 g/mol. The molecule has 1 N–H and O–H groups in total. The van der Waals surface area contributed by atoms with Crippen LogP contribution < -0.4 is 5.32 Å². The Morgan fingerprint density at radius 2 is 2.00 bits per heavy atom. The van der Waals surface area contributed by atoms with Gasteiger partial charge in [-0.3, -0.25) is 0 Å². The van der Waals surface area contributed by atoms with Gasteiger partial charge in [-0.2, -0.15) is 0 Å². The van der Waals surface area contributed by atoms with Crippen molar-refractivity contribution in [1.82, 2.24) is 5.32 Å². The minimum absolute atomic E-state index is 0.499. The maximum atomic E-state index is 5.38. The van der Waals surface area contributed by atoms with Crippen LogP contribution >= 0.6 is 0 Å². The van der Waals surface area contributed by atoms with Crippen molar-refractivity contribution >= 4 is 0 Å². The number of hydrogen-bond acceptors (Lipinski definition) is 1. The summed E-state index contributed by atoms with van der Waals surface area (Å²) in [4.78, 5) is 0. The summed E-state index contributed by atoms with van der Waals surface area (Å²) in [6.45, 7) is 4.34. The van der Waals surface area contributed by atoms with Crippen LogP contribution in [0.4, 0.5) is 0 Å². The van der Waals surface area contributed by atoms with E-state index in [0.29, 0.717) is 12.1 Å². The van der Waals surface area contributed by atoms with Crippen molar-refractivity contribution in [2.45, 2.75) is 57.5 Å². The van der Waals surface area contributed by atoms with Gasteiger partial charge in [0.1, 0.15) is 0 Å². The first-order valence-corrected chi connectivity index (χ1v) is 6.99. The van der Waals surface area contributed by atoms with E-state index in [9.17, 15) is 0 Å². The van der Waals surface area contributed by atoms with Crippen LogP contribution in [0.15, 0.2) is 24.3 Å². The molecule has 18 heavy (non-hydrogen) atoms. The quantitative estimate of drug-likeness (QED) is 0.776. The van der Waals surface area contributed by atoms with Gasteiger partial charge in [0.15, 0.2) is 0 Å². The van der Waals surface area contributed by atoms with Gasteiger partial charge in [-0.15, -0.1) is 12.3 Å². The number of nitrogens with one attached hydrogen (secondary N) is 1. The lowest BCUT2D eigenvalue weighted by Gasteiger charge is -2.38. The van der Waals surface area contributed by atoms with Gasteiger partial charge in [-0.1, -0.05) is 36.8 Å². The van der Waals surface area contributed by atoms with Crippen LogP contribution in [0.2, 0.25) is 0 Å². The van der Waals surface area contributed by atoms with E-state index >= 15 is 0 Å². The van der Waals surface area contributed by atoms with E-state index in [1.54, 1.807) is 0 Å². The molecule has 1 aromatic rings. The van der Waals surface area contributed by atoms with Crippen LogP contribution in [0.1, 0.15) is 49.7 Å². The van der Waals surface area contributed by atoms with E-state index in [0.717, 1.165) is 18.8 Å². The average Bonchev–Trinajstić information content (AvgIpc) is 2.33. The number of aryl methyl sites for hydroxylation is 1. The van der Waals surface area contributed by atoms with Crippen molar-refractivity contribution in [3.05, 3.63) is 35.4 Å². The number of benzene rings is 1. The molecule has 2 rings (SSSR count). The summed E-state index contributed by atoms with van der Waals surface area (Å²) in [5.41, 5.74) is 2.83. The van der Waals surface area contributed by atoms with E-state index in [2.05, 4.69) is 49.4 Å². The predicted octanol–water partition coefficient (Wildman–Crippen LogP) is 3.63. The zero-order valence-corrected chi connectivity index (χ0v) is 11.4. The van der Waals surface area contributed by atoms with Crippen LogP contribution in [0.3, 0.4) is 0 Å². The molecule has 96 valence electrons. The molecule has 1 nitrogen and oxygen atoms in total. The van der Waals surface area contributed by atoms with Gasteiger partial charge < -0.3 is 5.32 Å². The molecule has 1 aliphatic carbocycles. The minimum atomic E-state index is 0.499. The summed E-state index contributed by atoms with van der Waals surface area (Å²) in [7, 11) is 0. The van der Waals surface area contributed by atoms with Gasteiger partial charge >= 0.3 is 0 Å². The Bertz CT molecular complexity index is 406. The molecule has 1 saturated carbocycles. The molecule has 0 heterocycles. The lowest BCUT2D eigenvalue weighted by molar-refractivity contribution is 0.262. The molecule has 1 heteroatoms. The zero-order valence-electron chi connectivity index (χ0n) is 11.4. The normalized spacial score (nSPS) is 24.1. The Morgan fingerprint density at radius 1 is 1.33 bits per heavy atom. The first-order valence-electron chi connectivity index (χ1n) is 6.99. The van der Waals surface area contributed by atoms with Crippen LogP contribution in [-0.2, 0) is 0 Å². The van der Waals surface area contributed by atoms with E-state index in [4.69, 9.17) is 6.42 Å². The largest absolute Gasteiger partial charge is 0.310 e. The first kappa shape index (κ1) is 13.2. The van der Waals surface area contributed by atoms with Crippen LogP contribution in [0.5, 0.6) is 0 Å².